The highest BCUT2D eigenvalue weighted by Crippen LogP contribution is 2.33. The van der Waals surface area contributed by atoms with Gasteiger partial charge in [0.05, 0.1) is 25.0 Å². The van der Waals surface area contributed by atoms with E-state index in [-0.39, 0.29) is 5.91 Å². The summed E-state index contributed by atoms with van der Waals surface area (Å²) < 4.78 is 11.4. The van der Waals surface area contributed by atoms with E-state index in [1.807, 2.05) is 35.2 Å². The maximum atomic E-state index is 12.6. The first-order chi connectivity index (χ1) is 15.7. The Morgan fingerprint density at radius 3 is 2.53 bits per heavy atom. The van der Waals surface area contributed by atoms with Crippen molar-refractivity contribution in [3.63, 3.8) is 0 Å². The lowest BCUT2D eigenvalue weighted by atomic mass is 10.2. The summed E-state index contributed by atoms with van der Waals surface area (Å²) in [6, 6.07) is 12.2. The Morgan fingerprint density at radius 2 is 1.81 bits per heavy atom. The standard InChI is InChI=1S/C24H30N4O3S/c1-3-15-31-24-25-22(20-17-19(4-2)32-23(20)26-24)28-13-11-27(12-14-28)21(29)10-16-30-18-8-6-5-7-9-18/h5-9,17H,3-4,10-16H2,1-2H3. The number of piperazine rings is 1. The fourth-order valence-corrected chi connectivity index (χ4v) is 4.66. The predicted octanol–water partition coefficient (Wildman–Crippen LogP) is 4.16. The van der Waals surface area contributed by atoms with Gasteiger partial charge in [-0.1, -0.05) is 32.0 Å². The number of thiophene rings is 1. The summed E-state index contributed by atoms with van der Waals surface area (Å²) in [5.74, 6) is 1.84. The summed E-state index contributed by atoms with van der Waals surface area (Å²) in [6.45, 7) is 8.03. The van der Waals surface area contributed by atoms with Gasteiger partial charge in [0.2, 0.25) is 5.91 Å². The highest BCUT2D eigenvalue weighted by molar-refractivity contribution is 7.18. The Balaban J connectivity index is 1.38. The molecule has 0 bridgehead atoms. The Bertz CT molecular complexity index is 1030. The van der Waals surface area contributed by atoms with Crippen molar-refractivity contribution >= 4 is 33.3 Å². The quantitative estimate of drug-likeness (QED) is 0.484. The van der Waals surface area contributed by atoms with Gasteiger partial charge < -0.3 is 19.3 Å². The largest absolute Gasteiger partial charge is 0.493 e. The van der Waals surface area contributed by atoms with Gasteiger partial charge in [0.15, 0.2) is 0 Å². The van der Waals surface area contributed by atoms with Crippen molar-refractivity contribution in [2.24, 2.45) is 0 Å². The zero-order chi connectivity index (χ0) is 22.3. The van der Waals surface area contributed by atoms with Gasteiger partial charge in [0.1, 0.15) is 16.4 Å². The molecule has 1 saturated heterocycles. The molecule has 1 aromatic carbocycles. The number of fused-ring (bicyclic) bond motifs is 1. The van der Waals surface area contributed by atoms with Gasteiger partial charge in [-0.25, -0.2) is 0 Å². The number of aryl methyl sites for hydroxylation is 1. The summed E-state index contributed by atoms with van der Waals surface area (Å²) in [5, 5.41) is 1.08. The normalized spacial score (nSPS) is 14.1. The van der Waals surface area contributed by atoms with Gasteiger partial charge in [-0.15, -0.1) is 11.3 Å². The molecule has 0 unspecified atom stereocenters. The van der Waals surface area contributed by atoms with Crippen LogP contribution in [0.4, 0.5) is 5.82 Å². The molecule has 1 amide bonds. The van der Waals surface area contributed by atoms with Gasteiger partial charge in [0.25, 0.3) is 0 Å². The van der Waals surface area contributed by atoms with Gasteiger partial charge >= 0.3 is 6.01 Å². The monoisotopic (exact) mass is 454 g/mol. The first-order valence-corrected chi connectivity index (χ1v) is 12.1. The average Bonchev–Trinajstić information content (AvgIpc) is 3.26. The predicted molar refractivity (Wildman–Crippen MR) is 128 cm³/mol. The van der Waals surface area contributed by atoms with Crippen molar-refractivity contribution in [3.05, 3.63) is 41.3 Å². The number of nitrogens with zero attached hydrogens (tertiary/aromatic N) is 4. The van der Waals surface area contributed by atoms with E-state index in [1.165, 1.54) is 4.88 Å². The number of hydrogen-bond acceptors (Lipinski definition) is 7. The number of anilines is 1. The van der Waals surface area contributed by atoms with E-state index in [2.05, 4.69) is 29.8 Å². The minimum Gasteiger partial charge on any atom is -0.493 e. The van der Waals surface area contributed by atoms with Crippen LogP contribution >= 0.6 is 11.3 Å². The average molecular weight is 455 g/mol. The molecule has 2 aromatic heterocycles. The maximum Gasteiger partial charge on any atom is 0.319 e. The van der Waals surface area contributed by atoms with Gasteiger partial charge in [-0.05, 0) is 31.0 Å². The first kappa shape index (κ1) is 22.3. The van der Waals surface area contributed by atoms with Crippen molar-refractivity contribution in [2.45, 2.75) is 33.1 Å². The number of carbonyl (C=O) groups excluding carboxylic acids is 1. The molecule has 0 atom stereocenters. The molecule has 8 heteroatoms. The lowest BCUT2D eigenvalue weighted by molar-refractivity contribution is -0.132. The molecule has 0 radical (unpaired) electrons. The Kier molecular flexibility index (Phi) is 7.42. The van der Waals surface area contributed by atoms with E-state index in [0.717, 1.165) is 47.7 Å². The number of hydrogen-bond donors (Lipinski definition) is 0. The van der Waals surface area contributed by atoms with E-state index in [0.29, 0.717) is 38.7 Å². The molecule has 0 N–H and O–H groups in total. The van der Waals surface area contributed by atoms with Gasteiger partial charge in [0, 0.05) is 31.1 Å². The second-order valence-electron chi connectivity index (χ2n) is 7.74. The second-order valence-corrected chi connectivity index (χ2v) is 8.86. The van der Waals surface area contributed by atoms with E-state index in [9.17, 15) is 4.79 Å². The van der Waals surface area contributed by atoms with Crippen LogP contribution in [0.5, 0.6) is 11.8 Å². The van der Waals surface area contributed by atoms with Crippen LogP contribution in [0.15, 0.2) is 36.4 Å². The molecular formula is C24H30N4O3S. The van der Waals surface area contributed by atoms with Crippen molar-refractivity contribution in [3.8, 4) is 11.8 Å². The Labute approximate surface area is 193 Å². The van der Waals surface area contributed by atoms with E-state index in [4.69, 9.17) is 14.5 Å². The topological polar surface area (TPSA) is 67.8 Å². The van der Waals surface area contributed by atoms with E-state index < -0.39 is 0 Å². The summed E-state index contributed by atoms with van der Waals surface area (Å²) in [6.07, 6.45) is 2.27. The fourth-order valence-electron chi connectivity index (χ4n) is 3.71. The SMILES string of the molecule is CCCOc1nc(N2CCN(C(=O)CCOc3ccccc3)CC2)c2cc(CC)sc2n1. The summed E-state index contributed by atoms with van der Waals surface area (Å²) >= 11 is 1.70. The number of benzene rings is 1. The van der Waals surface area contributed by atoms with Crippen LogP contribution in [-0.4, -0.2) is 60.2 Å². The van der Waals surface area contributed by atoms with Crippen LogP contribution in [0, 0.1) is 0 Å². The highest BCUT2D eigenvalue weighted by atomic mass is 32.1. The third-order valence-corrected chi connectivity index (χ3v) is 6.62. The van der Waals surface area contributed by atoms with Crippen LogP contribution < -0.4 is 14.4 Å². The smallest absolute Gasteiger partial charge is 0.319 e. The molecule has 0 spiro atoms. The van der Waals surface area contributed by atoms with Crippen LogP contribution in [0.1, 0.15) is 31.6 Å². The van der Waals surface area contributed by atoms with Crippen molar-refractivity contribution in [1.29, 1.82) is 0 Å². The van der Waals surface area contributed by atoms with Gasteiger partial charge in [-0.3, -0.25) is 4.79 Å². The van der Waals surface area contributed by atoms with Crippen LogP contribution in [-0.2, 0) is 11.2 Å². The van der Waals surface area contributed by atoms with Crippen LogP contribution in [0.25, 0.3) is 10.2 Å². The Hall–Kier alpha value is -2.87. The van der Waals surface area contributed by atoms with Crippen molar-refractivity contribution < 1.29 is 14.3 Å². The van der Waals surface area contributed by atoms with Crippen molar-refractivity contribution in [2.75, 3.05) is 44.3 Å². The minimum absolute atomic E-state index is 0.129. The summed E-state index contributed by atoms with van der Waals surface area (Å²) in [5.41, 5.74) is 0. The molecule has 0 saturated carbocycles. The minimum atomic E-state index is 0.129. The fraction of sp³-hybridized carbons (Fsp3) is 0.458. The maximum absolute atomic E-state index is 12.6. The molecule has 0 aliphatic carbocycles. The first-order valence-electron chi connectivity index (χ1n) is 11.3. The van der Waals surface area contributed by atoms with Crippen LogP contribution in [0.2, 0.25) is 0 Å². The number of amides is 1. The Morgan fingerprint density at radius 1 is 1.03 bits per heavy atom. The van der Waals surface area contributed by atoms with E-state index in [1.54, 1.807) is 11.3 Å². The highest BCUT2D eigenvalue weighted by Gasteiger charge is 2.24. The number of para-hydroxylation sites is 1. The van der Waals surface area contributed by atoms with E-state index >= 15 is 0 Å². The number of carbonyl (C=O) groups is 1. The molecular weight excluding hydrogens is 424 g/mol. The molecule has 4 rings (SSSR count). The zero-order valence-corrected chi connectivity index (χ0v) is 19.6. The van der Waals surface area contributed by atoms with Crippen molar-refractivity contribution in [1.82, 2.24) is 14.9 Å². The molecule has 3 heterocycles. The number of ether oxygens (including phenoxy) is 2. The molecule has 170 valence electrons. The lowest BCUT2D eigenvalue weighted by Crippen LogP contribution is -2.49. The second kappa shape index (κ2) is 10.6. The molecule has 1 aliphatic heterocycles. The molecule has 1 fully saturated rings. The number of rotatable bonds is 9. The van der Waals surface area contributed by atoms with Crippen LogP contribution in [0.3, 0.4) is 0 Å². The molecule has 3 aromatic rings. The lowest BCUT2D eigenvalue weighted by Gasteiger charge is -2.35. The molecule has 7 nitrogen and oxygen atoms in total. The number of aromatic nitrogens is 2. The third kappa shape index (κ3) is 5.30. The molecule has 32 heavy (non-hydrogen) atoms. The molecule has 1 aliphatic rings. The zero-order valence-electron chi connectivity index (χ0n) is 18.7. The third-order valence-electron chi connectivity index (χ3n) is 5.45. The summed E-state index contributed by atoms with van der Waals surface area (Å²) in [4.78, 5) is 28.4. The van der Waals surface area contributed by atoms with Gasteiger partial charge in [-0.2, -0.15) is 9.97 Å². The summed E-state index contributed by atoms with van der Waals surface area (Å²) in [7, 11) is 0.